The van der Waals surface area contributed by atoms with Gasteiger partial charge in [-0.3, -0.25) is 4.99 Å². The van der Waals surface area contributed by atoms with Gasteiger partial charge in [0.25, 0.3) is 0 Å². The van der Waals surface area contributed by atoms with Crippen LogP contribution in [0, 0.1) is 0 Å². The number of sulfonamides is 1. The molecule has 0 amide bonds. The number of guanidine groups is 1. The smallest absolute Gasteiger partial charge is 0.216 e. The Hall–Kier alpha value is -0.870. The molecule has 0 aliphatic rings. The predicted octanol–water partition coefficient (Wildman–Crippen LogP) is 2.21. The molecule has 0 aliphatic heterocycles. The Bertz CT molecular complexity index is 618. The Morgan fingerprint density at radius 3 is 2.33 bits per heavy atom. The number of halogens is 1. The molecule has 0 aliphatic carbocycles. The van der Waals surface area contributed by atoms with E-state index >= 15 is 0 Å². The zero-order valence-corrected chi connectivity index (χ0v) is 17.9. The van der Waals surface area contributed by atoms with Crippen molar-refractivity contribution in [1.82, 2.24) is 15.4 Å². The van der Waals surface area contributed by atoms with Crippen LogP contribution in [-0.4, -0.2) is 34.0 Å². The van der Waals surface area contributed by atoms with Crippen LogP contribution >= 0.6 is 24.0 Å². The van der Waals surface area contributed by atoms with E-state index < -0.39 is 10.0 Å². The Morgan fingerprint density at radius 1 is 1.17 bits per heavy atom. The van der Waals surface area contributed by atoms with Crippen LogP contribution in [-0.2, 0) is 22.3 Å². The zero-order chi connectivity index (χ0) is 17.3. The molecule has 0 bridgehead atoms. The van der Waals surface area contributed by atoms with Gasteiger partial charge in [0.15, 0.2) is 5.96 Å². The third kappa shape index (κ3) is 8.84. The fraction of sp³-hybridized carbons (Fsp3) is 0.562. The maximum absolute atomic E-state index is 12.1. The quantitative estimate of drug-likeness (QED) is 0.311. The molecule has 1 aromatic carbocycles. The molecular weight excluding hydrogens is 439 g/mol. The number of aliphatic imine (C=N–C) groups is 1. The molecule has 0 radical (unpaired) electrons. The Labute approximate surface area is 163 Å². The number of rotatable bonds is 8. The summed E-state index contributed by atoms with van der Waals surface area (Å²) in [6.07, 6.45) is 1.01. The van der Waals surface area contributed by atoms with E-state index in [1.165, 1.54) is 0 Å². The van der Waals surface area contributed by atoms with Crippen LogP contribution in [0.4, 0.5) is 0 Å². The minimum atomic E-state index is -3.34. The maximum atomic E-state index is 12.1. The lowest BCUT2D eigenvalue weighted by Crippen LogP contribution is -2.37. The molecule has 0 spiro atoms. The van der Waals surface area contributed by atoms with Crippen molar-refractivity contribution in [3.8, 4) is 0 Å². The predicted molar refractivity (Wildman–Crippen MR) is 111 cm³/mol. The summed E-state index contributed by atoms with van der Waals surface area (Å²) >= 11 is 0. The van der Waals surface area contributed by atoms with Gasteiger partial charge in [0.2, 0.25) is 10.0 Å². The highest BCUT2D eigenvalue weighted by atomic mass is 127. The van der Waals surface area contributed by atoms with E-state index in [-0.39, 0.29) is 35.8 Å². The van der Waals surface area contributed by atoms with Crippen molar-refractivity contribution in [2.75, 3.05) is 13.6 Å². The van der Waals surface area contributed by atoms with Crippen LogP contribution in [0.25, 0.3) is 0 Å². The monoisotopic (exact) mass is 468 g/mol. The number of nitrogens with zero attached hydrogens (tertiary/aromatic N) is 1. The summed E-state index contributed by atoms with van der Waals surface area (Å²) in [6.45, 7) is 7.08. The highest BCUT2D eigenvalue weighted by molar-refractivity contribution is 14.0. The Balaban J connectivity index is 0.00000529. The van der Waals surface area contributed by atoms with Gasteiger partial charge in [0.05, 0.1) is 5.75 Å². The molecule has 0 aromatic heterocycles. The normalized spacial score (nSPS) is 12.0. The van der Waals surface area contributed by atoms with Crippen LogP contribution in [0.3, 0.4) is 0 Å². The van der Waals surface area contributed by atoms with Crippen molar-refractivity contribution in [3.63, 3.8) is 0 Å². The van der Waals surface area contributed by atoms with E-state index in [2.05, 4.69) is 27.3 Å². The fourth-order valence-electron chi connectivity index (χ4n) is 2.12. The molecule has 0 heterocycles. The highest BCUT2D eigenvalue weighted by Crippen LogP contribution is 2.12. The van der Waals surface area contributed by atoms with Crippen molar-refractivity contribution >= 4 is 40.0 Å². The van der Waals surface area contributed by atoms with Gasteiger partial charge in [0.1, 0.15) is 0 Å². The number of nitrogens with one attached hydrogen (secondary N) is 3. The highest BCUT2D eigenvalue weighted by Gasteiger charge is 2.15. The van der Waals surface area contributed by atoms with Gasteiger partial charge in [-0.1, -0.05) is 31.2 Å². The molecule has 0 fully saturated rings. The SMILES string of the molecule is CCCNC(=NC)NCc1ccccc1CS(=O)(=O)NC(C)C.I. The molecule has 1 aromatic rings. The summed E-state index contributed by atoms with van der Waals surface area (Å²) in [5, 5.41) is 6.40. The summed E-state index contributed by atoms with van der Waals surface area (Å²) in [6, 6.07) is 7.43. The van der Waals surface area contributed by atoms with E-state index in [1.807, 2.05) is 38.1 Å². The minimum Gasteiger partial charge on any atom is -0.356 e. The molecule has 0 unspecified atom stereocenters. The lowest BCUT2D eigenvalue weighted by atomic mass is 10.1. The number of hydrogen-bond acceptors (Lipinski definition) is 3. The molecule has 8 heteroatoms. The Kier molecular flexibility index (Phi) is 11.2. The van der Waals surface area contributed by atoms with Gasteiger partial charge in [-0.2, -0.15) is 0 Å². The summed E-state index contributed by atoms with van der Waals surface area (Å²) in [4.78, 5) is 4.15. The van der Waals surface area contributed by atoms with Gasteiger partial charge in [-0.15, -0.1) is 24.0 Å². The van der Waals surface area contributed by atoms with E-state index in [4.69, 9.17) is 0 Å². The molecule has 6 nitrogen and oxygen atoms in total. The first-order valence-electron chi connectivity index (χ1n) is 7.89. The van der Waals surface area contributed by atoms with Crippen molar-refractivity contribution in [1.29, 1.82) is 0 Å². The van der Waals surface area contributed by atoms with E-state index in [0.29, 0.717) is 12.5 Å². The fourth-order valence-corrected chi connectivity index (χ4v) is 3.61. The van der Waals surface area contributed by atoms with Gasteiger partial charge < -0.3 is 10.6 Å². The second-order valence-corrected chi connectivity index (χ2v) is 7.41. The maximum Gasteiger partial charge on any atom is 0.216 e. The molecule has 24 heavy (non-hydrogen) atoms. The molecule has 1 rings (SSSR count). The molecule has 138 valence electrons. The van der Waals surface area contributed by atoms with Crippen molar-refractivity contribution in [2.24, 2.45) is 4.99 Å². The van der Waals surface area contributed by atoms with E-state index in [9.17, 15) is 8.42 Å². The second kappa shape index (κ2) is 11.6. The minimum absolute atomic E-state index is 0. The third-order valence-electron chi connectivity index (χ3n) is 3.09. The number of benzene rings is 1. The van der Waals surface area contributed by atoms with Gasteiger partial charge >= 0.3 is 0 Å². The summed E-state index contributed by atoms with van der Waals surface area (Å²) in [5.74, 6) is 0.689. The van der Waals surface area contributed by atoms with Gasteiger partial charge in [-0.25, -0.2) is 13.1 Å². The standard InChI is InChI=1S/C16H28N4O2S.HI/c1-5-10-18-16(17-4)19-11-14-8-6-7-9-15(14)12-23(21,22)20-13(2)3;/h6-9,13,20H,5,10-12H2,1-4H3,(H2,17,18,19);1H. The van der Waals surface area contributed by atoms with Crippen molar-refractivity contribution in [3.05, 3.63) is 35.4 Å². The molecule has 0 saturated heterocycles. The summed E-state index contributed by atoms with van der Waals surface area (Å²) < 4.78 is 26.9. The second-order valence-electron chi connectivity index (χ2n) is 5.65. The Morgan fingerprint density at radius 2 is 1.79 bits per heavy atom. The lowest BCUT2D eigenvalue weighted by molar-refractivity contribution is 0.568. The van der Waals surface area contributed by atoms with Gasteiger partial charge in [0, 0.05) is 26.2 Å². The largest absolute Gasteiger partial charge is 0.356 e. The van der Waals surface area contributed by atoms with Crippen LogP contribution < -0.4 is 15.4 Å². The summed E-state index contributed by atoms with van der Waals surface area (Å²) in [7, 11) is -1.62. The number of hydrogen-bond donors (Lipinski definition) is 3. The van der Waals surface area contributed by atoms with Crippen LogP contribution in [0.15, 0.2) is 29.3 Å². The first kappa shape index (κ1) is 23.1. The van der Waals surface area contributed by atoms with Crippen LogP contribution in [0.2, 0.25) is 0 Å². The first-order valence-corrected chi connectivity index (χ1v) is 9.54. The molecule has 0 saturated carbocycles. The first-order chi connectivity index (χ1) is 10.9. The molecule has 0 atom stereocenters. The van der Waals surface area contributed by atoms with Crippen molar-refractivity contribution in [2.45, 2.75) is 45.5 Å². The van der Waals surface area contributed by atoms with E-state index in [1.54, 1.807) is 7.05 Å². The average molecular weight is 468 g/mol. The van der Waals surface area contributed by atoms with E-state index in [0.717, 1.165) is 24.1 Å². The molecule has 3 N–H and O–H groups in total. The zero-order valence-electron chi connectivity index (χ0n) is 14.8. The molecular formula is C16H29IN4O2S. The van der Waals surface area contributed by atoms with Gasteiger partial charge in [-0.05, 0) is 31.4 Å². The topological polar surface area (TPSA) is 82.6 Å². The van der Waals surface area contributed by atoms with Crippen LogP contribution in [0.5, 0.6) is 0 Å². The van der Waals surface area contributed by atoms with Crippen LogP contribution in [0.1, 0.15) is 38.3 Å². The average Bonchev–Trinajstić information content (AvgIpc) is 2.47. The third-order valence-corrected chi connectivity index (χ3v) is 4.61. The lowest BCUT2D eigenvalue weighted by Gasteiger charge is -2.15. The summed E-state index contributed by atoms with van der Waals surface area (Å²) in [5.41, 5.74) is 1.74. The van der Waals surface area contributed by atoms with Crippen molar-refractivity contribution < 1.29 is 8.42 Å².